The average molecular weight is 425 g/mol. The van der Waals surface area contributed by atoms with Gasteiger partial charge in [-0.1, -0.05) is 17.8 Å². The number of hydrogen-bond donors (Lipinski definition) is 2. The summed E-state index contributed by atoms with van der Waals surface area (Å²) in [4.78, 5) is 31.8. The fraction of sp³-hybridized carbons (Fsp3) is 0.250. The zero-order chi connectivity index (χ0) is 18.4. The summed E-state index contributed by atoms with van der Waals surface area (Å²) in [6, 6.07) is 5.65. The van der Waals surface area contributed by atoms with Crippen LogP contribution in [-0.4, -0.2) is 34.2 Å². The van der Waals surface area contributed by atoms with Gasteiger partial charge in [0.15, 0.2) is 5.16 Å². The molecular weight excluding hydrogens is 408 g/mol. The largest absolute Gasteiger partial charge is 0.462 e. The van der Waals surface area contributed by atoms with Crippen molar-refractivity contribution < 1.29 is 14.3 Å². The number of nitrogens with one attached hydrogen (secondary N) is 1. The Morgan fingerprint density at radius 2 is 2.16 bits per heavy atom. The van der Waals surface area contributed by atoms with Crippen molar-refractivity contribution >= 4 is 51.1 Å². The molecule has 0 fully saturated rings. The number of aromatic nitrogens is 2. The average Bonchev–Trinajstić information content (AvgIpc) is 2.56. The van der Waals surface area contributed by atoms with Gasteiger partial charge >= 0.3 is 5.97 Å². The molecule has 0 atom stereocenters. The van der Waals surface area contributed by atoms with E-state index in [1.807, 2.05) is 25.1 Å². The normalized spacial score (nSPS) is 10.4. The second-order valence-corrected chi connectivity index (χ2v) is 6.79. The van der Waals surface area contributed by atoms with Gasteiger partial charge in [-0.3, -0.25) is 4.79 Å². The number of amides is 1. The molecule has 0 unspecified atom stereocenters. The monoisotopic (exact) mass is 424 g/mol. The molecule has 7 nitrogen and oxygen atoms in total. The van der Waals surface area contributed by atoms with Crippen molar-refractivity contribution in [2.24, 2.45) is 0 Å². The van der Waals surface area contributed by atoms with Gasteiger partial charge in [-0.05, 0) is 47.5 Å². The van der Waals surface area contributed by atoms with Crippen LogP contribution in [0.3, 0.4) is 0 Å². The van der Waals surface area contributed by atoms with E-state index in [9.17, 15) is 9.59 Å². The summed E-state index contributed by atoms with van der Waals surface area (Å²) in [5, 5.41) is 3.11. The maximum Gasteiger partial charge on any atom is 0.343 e. The van der Waals surface area contributed by atoms with Gasteiger partial charge in [0.25, 0.3) is 0 Å². The molecule has 0 bridgehead atoms. The first-order valence-electron chi connectivity index (χ1n) is 7.39. The lowest BCUT2D eigenvalue weighted by Gasteiger charge is -2.08. The Hall–Kier alpha value is -2.13. The lowest BCUT2D eigenvalue weighted by atomic mass is 10.2. The maximum atomic E-state index is 12.1. The third-order valence-electron chi connectivity index (χ3n) is 3.02. The maximum absolute atomic E-state index is 12.1. The van der Waals surface area contributed by atoms with Crippen molar-refractivity contribution in [3.63, 3.8) is 0 Å². The van der Waals surface area contributed by atoms with Crippen LogP contribution >= 0.6 is 27.7 Å². The molecular formula is C16H17BrN4O3S. The third kappa shape index (κ3) is 5.43. The number of carbonyl (C=O) groups is 2. The molecule has 3 N–H and O–H groups in total. The number of esters is 1. The molecule has 25 heavy (non-hydrogen) atoms. The zero-order valence-corrected chi connectivity index (χ0v) is 16.1. The lowest BCUT2D eigenvalue weighted by molar-refractivity contribution is -0.113. The summed E-state index contributed by atoms with van der Waals surface area (Å²) in [5.41, 5.74) is 7.63. The Morgan fingerprint density at radius 3 is 2.80 bits per heavy atom. The molecule has 2 aromatic rings. The summed E-state index contributed by atoms with van der Waals surface area (Å²) in [6.45, 7) is 3.90. The Bertz CT molecular complexity index is 801. The molecule has 1 amide bonds. The molecule has 0 radical (unpaired) electrons. The number of anilines is 2. The number of thioether (sulfide) groups is 1. The van der Waals surface area contributed by atoms with Crippen LogP contribution < -0.4 is 11.1 Å². The van der Waals surface area contributed by atoms with Gasteiger partial charge in [0.05, 0.1) is 18.0 Å². The van der Waals surface area contributed by atoms with E-state index in [0.717, 1.165) is 21.8 Å². The highest BCUT2D eigenvalue weighted by atomic mass is 79.9. The van der Waals surface area contributed by atoms with Crippen LogP contribution in [0.2, 0.25) is 0 Å². The van der Waals surface area contributed by atoms with Crippen molar-refractivity contribution in [3.8, 4) is 0 Å². The molecule has 0 spiro atoms. The van der Waals surface area contributed by atoms with E-state index in [1.54, 1.807) is 6.92 Å². The number of aryl methyl sites for hydroxylation is 1. The van der Waals surface area contributed by atoms with Crippen molar-refractivity contribution in [1.82, 2.24) is 9.97 Å². The van der Waals surface area contributed by atoms with E-state index in [4.69, 9.17) is 10.5 Å². The molecule has 0 saturated carbocycles. The zero-order valence-electron chi connectivity index (χ0n) is 13.7. The van der Waals surface area contributed by atoms with Crippen LogP contribution in [0.4, 0.5) is 11.5 Å². The smallest absolute Gasteiger partial charge is 0.343 e. The van der Waals surface area contributed by atoms with Gasteiger partial charge in [-0.2, -0.15) is 0 Å². The van der Waals surface area contributed by atoms with Gasteiger partial charge < -0.3 is 15.8 Å². The Kier molecular flexibility index (Phi) is 6.77. The Morgan fingerprint density at radius 1 is 1.40 bits per heavy atom. The third-order valence-corrected chi connectivity index (χ3v) is 4.54. The number of benzene rings is 1. The highest BCUT2D eigenvalue weighted by Gasteiger charge is 2.14. The quantitative estimate of drug-likeness (QED) is 0.416. The molecule has 2 rings (SSSR count). The predicted octanol–water partition coefficient (Wildman–Crippen LogP) is 3.04. The molecule has 1 aromatic heterocycles. The summed E-state index contributed by atoms with van der Waals surface area (Å²) in [7, 11) is 0. The van der Waals surface area contributed by atoms with E-state index in [-0.39, 0.29) is 29.6 Å². The molecule has 0 aliphatic rings. The fourth-order valence-electron chi connectivity index (χ4n) is 1.85. The molecule has 0 aliphatic carbocycles. The van der Waals surface area contributed by atoms with E-state index in [2.05, 4.69) is 31.2 Å². The van der Waals surface area contributed by atoms with Gasteiger partial charge in [-0.25, -0.2) is 14.8 Å². The van der Waals surface area contributed by atoms with Crippen molar-refractivity contribution in [3.05, 3.63) is 40.0 Å². The minimum absolute atomic E-state index is 0.0256. The minimum atomic E-state index is -0.571. The van der Waals surface area contributed by atoms with Gasteiger partial charge in [-0.15, -0.1) is 0 Å². The lowest BCUT2D eigenvalue weighted by Crippen LogP contribution is -2.15. The molecule has 9 heteroatoms. The number of rotatable bonds is 6. The van der Waals surface area contributed by atoms with Crippen LogP contribution in [0.25, 0.3) is 0 Å². The fourth-order valence-corrected chi connectivity index (χ4v) is 3.07. The molecule has 132 valence electrons. The number of nitrogens with zero attached hydrogens (tertiary/aromatic N) is 2. The Balaban J connectivity index is 1.95. The number of carbonyl (C=O) groups excluding carboxylic acids is 2. The summed E-state index contributed by atoms with van der Waals surface area (Å²) >= 11 is 4.53. The highest BCUT2D eigenvalue weighted by Crippen LogP contribution is 2.24. The van der Waals surface area contributed by atoms with E-state index < -0.39 is 5.97 Å². The Labute approximate surface area is 157 Å². The number of hydrogen-bond acceptors (Lipinski definition) is 7. The van der Waals surface area contributed by atoms with Crippen LogP contribution in [0.1, 0.15) is 22.8 Å². The number of nitrogen functional groups attached to an aromatic ring is 1. The van der Waals surface area contributed by atoms with Crippen molar-refractivity contribution in [2.75, 3.05) is 23.4 Å². The van der Waals surface area contributed by atoms with Crippen molar-refractivity contribution in [1.29, 1.82) is 0 Å². The summed E-state index contributed by atoms with van der Waals surface area (Å²) < 4.78 is 5.67. The first-order valence-corrected chi connectivity index (χ1v) is 9.17. The number of ether oxygens (including phenoxy) is 1. The second-order valence-electron chi connectivity index (χ2n) is 4.99. The SMILES string of the molecule is CCOC(=O)c1cnc(SCC(=O)Nc2ccc(C)cc2Br)nc1N. The predicted molar refractivity (Wildman–Crippen MR) is 101 cm³/mol. The molecule has 1 aromatic carbocycles. The molecule has 1 heterocycles. The second kappa shape index (κ2) is 8.82. The standard InChI is InChI=1S/C16H17BrN4O3S/c1-3-24-15(23)10-7-19-16(21-14(10)18)25-8-13(22)20-12-5-4-9(2)6-11(12)17/h4-7H,3,8H2,1-2H3,(H,20,22)(H2,18,19,21). The first-order chi connectivity index (χ1) is 11.9. The molecule has 0 saturated heterocycles. The van der Waals surface area contributed by atoms with E-state index in [1.165, 1.54) is 6.20 Å². The number of halogens is 1. The van der Waals surface area contributed by atoms with Crippen LogP contribution in [-0.2, 0) is 9.53 Å². The van der Waals surface area contributed by atoms with Gasteiger partial charge in [0.1, 0.15) is 11.4 Å². The number of nitrogens with two attached hydrogens (primary N) is 1. The summed E-state index contributed by atoms with van der Waals surface area (Å²) in [6.07, 6.45) is 1.30. The van der Waals surface area contributed by atoms with Crippen LogP contribution in [0, 0.1) is 6.92 Å². The first kappa shape index (κ1) is 19.2. The van der Waals surface area contributed by atoms with E-state index >= 15 is 0 Å². The van der Waals surface area contributed by atoms with Crippen LogP contribution in [0.5, 0.6) is 0 Å². The highest BCUT2D eigenvalue weighted by molar-refractivity contribution is 9.10. The topological polar surface area (TPSA) is 107 Å². The van der Waals surface area contributed by atoms with Gasteiger partial charge in [0, 0.05) is 10.7 Å². The molecule has 0 aliphatic heterocycles. The van der Waals surface area contributed by atoms with Crippen LogP contribution in [0.15, 0.2) is 34.0 Å². The minimum Gasteiger partial charge on any atom is -0.462 e. The van der Waals surface area contributed by atoms with E-state index in [0.29, 0.717) is 10.8 Å². The van der Waals surface area contributed by atoms with Crippen molar-refractivity contribution in [2.45, 2.75) is 19.0 Å². The van der Waals surface area contributed by atoms with Gasteiger partial charge in [0.2, 0.25) is 5.91 Å². The summed E-state index contributed by atoms with van der Waals surface area (Å²) in [5.74, 6) is -0.638.